The molecule has 2 N–H and O–H groups in total. The van der Waals surface area contributed by atoms with Gasteiger partial charge in [0, 0.05) is 6.04 Å². The third-order valence-electron chi connectivity index (χ3n) is 3.45. The van der Waals surface area contributed by atoms with Crippen molar-refractivity contribution >= 4 is 21.6 Å². The quantitative estimate of drug-likeness (QED) is 0.889. The van der Waals surface area contributed by atoms with E-state index in [2.05, 4.69) is 4.72 Å². The van der Waals surface area contributed by atoms with E-state index in [1.165, 1.54) is 25.3 Å². The number of aliphatic hydroxyl groups is 1. The second-order valence-corrected chi connectivity index (χ2v) is 7.04. The van der Waals surface area contributed by atoms with Gasteiger partial charge in [-0.25, -0.2) is 13.1 Å². The molecular formula is C13H18ClNO4S. The lowest BCUT2D eigenvalue weighted by molar-refractivity contribution is 0.120. The Morgan fingerprint density at radius 2 is 1.95 bits per heavy atom. The summed E-state index contributed by atoms with van der Waals surface area (Å²) in [5.74, 6) is 0.436. The molecule has 0 bridgehead atoms. The molecule has 1 aliphatic rings. The van der Waals surface area contributed by atoms with E-state index in [1.54, 1.807) is 0 Å². The van der Waals surface area contributed by atoms with Crippen LogP contribution in [0.1, 0.15) is 25.7 Å². The molecule has 0 aliphatic heterocycles. The zero-order chi connectivity index (χ0) is 14.8. The van der Waals surface area contributed by atoms with Gasteiger partial charge in [-0.05, 0) is 43.9 Å². The van der Waals surface area contributed by atoms with Crippen LogP contribution in [0.2, 0.25) is 5.02 Å². The van der Waals surface area contributed by atoms with E-state index in [1.807, 2.05) is 0 Å². The summed E-state index contributed by atoms with van der Waals surface area (Å²) in [7, 11) is -2.12. The van der Waals surface area contributed by atoms with Gasteiger partial charge in [0.2, 0.25) is 10.0 Å². The largest absolute Gasteiger partial charge is 0.495 e. The van der Waals surface area contributed by atoms with Crippen molar-refractivity contribution in [3.63, 3.8) is 0 Å². The maximum Gasteiger partial charge on any atom is 0.240 e. The minimum atomic E-state index is -3.60. The van der Waals surface area contributed by atoms with Gasteiger partial charge in [0.15, 0.2) is 0 Å². The summed E-state index contributed by atoms with van der Waals surface area (Å²) in [6, 6.07) is 4.23. The molecule has 0 aromatic heterocycles. The molecule has 0 atom stereocenters. The molecule has 0 heterocycles. The lowest BCUT2D eigenvalue weighted by Crippen LogP contribution is -2.38. The predicted octanol–water partition coefficient (Wildman–Crippen LogP) is 1.93. The lowest BCUT2D eigenvalue weighted by Gasteiger charge is -2.26. The molecular weight excluding hydrogens is 302 g/mol. The van der Waals surface area contributed by atoms with Gasteiger partial charge in [-0.1, -0.05) is 11.6 Å². The fourth-order valence-corrected chi connectivity index (χ4v) is 3.95. The van der Waals surface area contributed by atoms with Gasteiger partial charge in [-0.2, -0.15) is 0 Å². The molecule has 1 aromatic rings. The molecule has 2 rings (SSSR count). The molecule has 0 unspecified atom stereocenters. The van der Waals surface area contributed by atoms with Crippen LogP contribution in [0.15, 0.2) is 23.1 Å². The van der Waals surface area contributed by atoms with Crippen molar-refractivity contribution in [1.82, 2.24) is 4.72 Å². The molecule has 0 spiro atoms. The Morgan fingerprint density at radius 3 is 2.50 bits per heavy atom. The number of rotatable bonds is 4. The first-order valence-corrected chi connectivity index (χ1v) is 8.32. The Hall–Kier alpha value is -0.820. The van der Waals surface area contributed by atoms with Crippen molar-refractivity contribution in [2.75, 3.05) is 7.11 Å². The normalized spacial score (nSPS) is 23.6. The minimum absolute atomic E-state index is 0.120. The molecule has 7 heteroatoms. The number of sulfonamides is 1. The van der Waals surface area contributed by atoms with Crippen LogP contribution >= 0.6 is 11.6 Å². The highest BCUT2D eigenvalue weighted by molar-refractivity contribution is 7.89. The van der Waals surface area contributed by atoms with Crippen molar-refractivity contribution < 1.29 is 18.3 Å². The van der Waals surface area contributed by atoms with Crippen LogP contribution in [-0.4, -0.2) is 32.8 Å². The highest BCUT2D eigenvalue weighted by atomic mass is 35.5. The summed E-state index contributed by atoms with van der Waals surface area (Å²) in [6.45, 7) is 0. The zero-order valence-electron chi connectivity index (χ0n) is 11.2. The number of hydrogen-bond acceptors (Lipinski definition) is 4. The Bertz CT molecular complexity index is 568. The number of benzene rings is 1. The van der Waals surface area contributed by atoms with Crippen LogP contribution in [0.4, 0.5) is 0 Å². The van der Waals surface area contributed by atoms with E-state index in [9.17, 15) is 13.5 Å². The van der Waals surface area contributed by atoms with Gasteiger partial charge in [0.25, 0.3) is 0 Å². The van der Waals surface area contributed by atoms with E-state index in [-0.39, 0.29) is 22.1 Å². The first-order chi connectivity index (χ1) is 9.42. The monoisotopic (exact) mass is 319 g/mol. The van der Waals surface area contributed by atoms with Gasteiger partial charge in [-0.3, -0.25) is 0 Å². The lowest BCUT2D eigenvalue weighted by atomic mass is 9.94. The smallest absolute Gasteiger partial charge is 0.240 e. The summed E-state index contributed by atoms with van der Waals surface area (Å²) in [5, 5.41) is 9.69. The number of halogens is 1. The maximum atomic E-state index is 12.3. The van der Waals surface area contributed by atoms with Crippen molar-refractivity contribution in [1.29, 1.82) is 0 Å². The van der Waals surface area contributed by atoms with Crippen molar-refractivity contribution in [3.8, 4) is 5.75 Å². The Kier molecular flexibility index (Phi) is 4.90. The maximum absolute atomic E-state index is 12.3. The van der Waals surface area contributed by atoms with E-state index >= 15 is 0 Å². The molecule has 0 saturated heterocycles. The number of aliphatic hydroxyl groups excluding tert-OH is 1. The van der Waals surface area contributed by atoms with Crippen LogP contribution in [0.5, 0.6) is 5.75 Å². The summed E-state index contributed by atoms with van der Waals surface area (Å²) >= 11 is 5.95. The van der Waals surface area contributed by atoms with Crippen LogP contribution in [0.25, 0.3) is 0 Å². The van der Waals surface area contributed by atoms with Gasteiger partial charge in [0.05, 0.1) is 23.1 Å². The van der Waals surface area contributed by atoms with Crippen molar-refractivity contribution in [2.24, 2.45) is 0 Å². The fourth-order valence-electron chi connectivity index (χ4n) is 2.30. The molecule has 1 fully saturated rings. The van der Waals surface area contributed by atoms with Crippen molar-refractivity contribution in [3.05, 3.63) is 23.2 Å². The fraction of sp³-hybridized carbons (Fsp3) is 0.538. The van der Waals surface area contributed by atoms with Crippen LogP contribution in [0, 0.1) is 0 Å². The second-order valence-electron chi connectivity index (χ2n) is 4.92. The SMILES string of the molecule is COc1ccc(S(=O)(=O)NC2CCC(O)CC2)cc1Cl. The molecule has 1 aromatic carbocycles. The van der Waals surface area contributed by atoms with Gasteiger partial charge < -0.3 is 9.84 Å². The Morgan fingerprint density at radius 1 is 1.30 bits per heavy atom. The molecule has 0 radical (unpaired) electrons. The topological polar surface area (TPSA) is 75.6 Å². The van der Waals surface area contributed by atoms with E-state index < -0.39 is 10.0 Å². The average Bonchev–Trinajstić information content (AvgIpc) is 2.41. The average molecular weight is 320 g/mol. The molecule has 1 saturated carbocycles. The van der Waals surface area contributed by atoms with Crippen LogP contribution in [0.3, 0.4) is 0 Å². The van der Waals surface area contributed by atoms with Crippen molar-refractivity contribution in [2.45, 2.75) is 42.7 Å². The third-order valence-corrected chi connectivity index (χ3v) is 5.27. The molecule has 0 amide bonds. The standard InChI is InChI=1S/C13H18ClNO4S/c1-19-13-7-6-11(8-12(13)14)20(17,18)15-9-2-4-10(16)5-3-9/h6-10,15-16H,2-5H2,1H3. The highest BCUT2D eigenvalue weighted by Gasteiger charge is 2.25. The first kappa shape index (κ1) is 15.6. The summed E-state index contributed by atoms with van der Waals surface area (Å²) in [4.78, 5) is 0.120. The minimum Gasteiger partial charge on any atom is -0.495 e. The van der Waals surface area contributed by atoms with E-state index in [0.29, 0.717) is 31.4 Å². The van der Waals surface area contributed by atoms with Crippen LogP contribution in [-0.2, 0) is 10.0 Å². The number of nitrogens with one attached hydrogen (secondary N) is 1. The predicted molar refractivity (Wildman–Crippen MR) is 76.6 cm³/mol. The number of hydrogen-bond donors (Lipinski definition) is 2. The van der Waals surface area contributed by atoms with Gasteiger partial charge >= 0.3 is 0 Å². The molecule has 1 aliphatic carbocycles. The molecule has 5 nitrogen and oxygen atoms in total. The number of ether oxygens (including phenoxy) is 1. The summed E-state index contributed by atoms with van der Waals surface area (Å²) in [6.07, 6.45) is 2.22. The highest BCUT2D eigenvalue weighted by Crippen LogP contribution is 2.27. The third kappa shape index (κ3) is 3.63. The summed E-state index contributed by atoms with van der Waals surface area (Å²) in [5.41, 5.74) is 0. The summed E-state index contributed by atoms with van der Waals surface area (Å²) < 4.78 is 32.2. The van der Waals surface area contributed by atoms with E-state index in [4.69, 9.17) is 16.3 Å². The van der Waals surface area contributed by atoms with Crippen LogP contribution < -0.4 is 9.46 Å². The zero-order valence-corrected chi connectivity index (χ0v) is 12.7. The Balaban J connectivity index is 2.12. The Labute approximate surface area is 124 Å². The van der Waals surface area contributed by atoms with Gasteiger partial charge in [0.1, 0.15) is 5.75 Å². The molecule has 20 heavy (non-hydrogen) atoms. The van der Waals surface area contributed by atoms with Gasteiger partial charge in [-0.15, -0.1) is 0 Å². The first-order valence-electron chi connectivity index (χ1n) is 6.46. The molecule has 112 valence electrons. The second kappa shape index (κ2) is 6.30. The van der Waals surface area contributed by atoms with E-state index in [0.717, 1.165) is 0 Å². The number of methoxy groups -OCH3 is 1.